The molecule has 0 bridgehead atoms. The van der Waals surface area contributed by atoms with Gasteiger partial charge in [0.1, 0.15) is 0 Å². The lowest BCUT2D eigenvalue weighted by atomic mass is 10.2. The molecule has 1 aliphatic rings. The van der Waals surface area contributed by atoms with Crippen LogP contribution in [0.25, 0.3) is 6.08 Å². The highest BCUT2D eigenvalue weighted by atomic mass is 32.2. The largest absolute Gasteiger partial charge is 0.372 e. The van der Waals surface area contributed by atoms with Gasteiger partial charge in [0.15, 0.2) is 0 Å². The van der Waals surface area contributed by atoms with E-state index in [2.05, 4.69) is 21.8 Å². The van der Waals surface area contributed by atoms with E-state index < -0.39 is 10.0 Å². The van der Waals surface area contributed by atoms with Crippen molar-refractivity contribution in [3.8, 4) is 0 Å². The Balaban J connectivity index is 1.57. The normalized spacial score (nSPS) is 15.2. The van der Waals surface area contributed by atoms with E-state index in [0.717, 1.165) is 24.2 Å². The molecule has 1 saturated heterocycles. The Morgan fingerprint density at radius 2 is 1.62 bits per heavy atom. The first kappa shape index (κ1) is 16.7. The zero-order valence-corrected chi connectivity index (χ0v) is 14.4. The fraction of sp³-hybridized carbons (Fsp3) is 0.263. The first-order chi connectivity index (χ1) is 11.6. The third-order valence-electron chi connectivity index (χ3n) is 4.12. The molecular weight excluding hydrogens is 320 g/mol. The van der Waals surface area contributed by atoms with E-state index in [1.165, 1.54) is 23.9 Å². The second-order valence-corrected chi connectivity index (χ2v) is 7.59. The van der Waals surface area contributed by atoms with Gasteiger partial charge in [-0.05, 0) is 42.2 Å². The number of hydrogen-bond donors (Lipinski definition) is 1. The summed E-state index contributed by atoms with van der Waals surface area (Å²) in [6, 6.07) is 17.5. The summed E-state index contributed by atoms with van der Waals surface area (Å²) in [6.45, 7) is 2.51. The molecule has 126 valence electrons. The highest BCUT2D eigenvalue weighted by Gasteiger charge is 2.12. The van der Waals surface area contributed by atoms with Crippen LogP contribution in [-0.2, 0) is 16.6 Å². The molecule has 0 aliphatic carbocycles. The Kier molecular flexibility index (Phi) is 5.33. The molecule has 2 aromatic carbocycles. The van der Waals surface area contributed by atoms with Crippen LogP contribution in [0, 0.1) is 0 Å². The van der Waals surface area contributed by atoms with Gasteiger partial charge in [0.25, 0.3) is 0 Å². The molecule has 3 rings (SSSR count). The van der Waals surface area contributed by atoms with E-state index in [9.17, 15) is 8.42 Å². The van der Waals surface area contributed by atoms with Gasteiger partial charge in [-0.2, -0.15) is 0 Å². The summed E-state index contributed by atoms with van der Waals surface area (Å²) in [6.07, 6.45) is 4.09. The van der Waals surface area contributed by atoms with Crippen molar-refractivity contribution < 1.29 is 8.42 Å². The zero-order chi connectivity index (χ0) is 16.8. The predicted octanol–water partition coefficient (Wildman–Crippen LogP) is 3.38. The van der Waals surface area contributed by atoms with E-state index in [1.807, 2.05) is 42.5 Å². The third kappa shape index (κ3) is 4.69. The van der Waals surface area contributed by atoms with Crippen LogP contribution in [-0.4, -0.2) is 21.5 Å². The molecule has 0 saturated carbocycles. The second-order valence-electron chi connectivity index (χ2n) is 5.94. The van der Waals surface area contributed by atoms with Gasteiger partial charge in [-0.3, -0.25) is 0 Å². The quantitative estimate of drug-likeness (QED) is 0.875. The van der Waals surface area contributed by atoms with Crippen molar-refractivity contribution in [1.82, 2.24) is 4.72 Å². The van der Waals surface area contributed by atoms with Crippen molar-refractivity contribution in [2.24, 2.45) is 0 Å². The maximum Gasteiger partial charge on any atom is 0.234 e. The van der Waals surface area contributed by atoms with Crippen molar-refractivity contribution in [2.75, 3.05) is 18.0 Å². The first-order valence-corrected chi connectivity index (χ1v) is 9.74. The van der Waals surface area contributed by atoms with Gasteiger partial charge in [0.2, 0.25) is 10.0 Å². The molecule has 0 unspecified atom stereocenters. The average molecular weight is 342 g/mol. The summed E-state index contributed by atoms with van der Waals surface area (Å²) >= 11 is 0. The topological polar surface area (TPSA) is 49.4 Å². The number of nitrogens with one attached hydrogen (secondary N) is 1. The third-order valence-corrected chi connectivity index (χ3v) is 5.17. The molecule has 0 radical (unpaired) electrons. The summed E-state index contributed by atoms with van der Waals surface area (Å²) in [4.78, 5) is 2.36. The summed E-state index contributed by atoms with van der Waals surface area (Å²) in [7, 11) is -3.44. The Hall–Kier alpha value is -2.11. The van der Waals surface area contributed by atoms with Crippen molar-refractivity contribution in [1.29, 1.82) is 0 Å². The van der Waals surface area contributed by atoms with E-state index in [-0.39, 0.29) is 0 Å². The lowest BCUT2D eigenvalue weighted by Crippen LogP contribution is -2.21. The Morgan fingerprint density at radius 1 is 0.958 bits per heavy atom. The number of sulfonamides is 1. The Morgan fingerprint density at radius 3 is 2.29 bits per heavy atom. The average Bonchev–Trinajstić information content (AvgIpc) is 3.15. The molecule has 24 heavy (non-hydrogen) atoms. The van der Waals surface area contributed by atoms with Crippen molar-refractivity contribution in [3.63, 3.8) is 0 Å². The maximum absolute atomic E-state index is 12.0. The fourth-order valence-electron chi connectivity index (χ4n) is 2.76. The highest BCUT2D eigenvalue weighted by molar-refractivity contribution is 7.92. The van der Waals surface area contributed by atoms with E-state index in [1.54, 1.807) is 6.08 Å². The summed E-state index contributed by atoms with van der Waals surface area (Å²) < 4.78 is 26.7. The number of nitrogens with zero attached hydrogens (tertiary/aromatic N) is 1. The number of rotatable bonds is 6. The minimum absolute atomic E-state index is 0.293. The molecule has 1 fully saturated rings. The van der Waals surface area contributed by atoms with Crippen LogP contribution in [0.1, 0.15) is 24.0 Å². The van der Waals surface area contributed by atoms with Crippen LogP contribution in [0.3, 0.4) is 0 Å². The molecule has 0 aromatic heterocycles. The van der Waals surface area contributed by atoms with Gasteiger partial charge >= 0.3 is 0 Å². The van der Waals surface area contributed by atoms with Gasteiger partial charge in [-0.1, -0.05) is 42.5 Å². The Labute approximate surface area is 143 Å². The first-order valence-electron chi connectivity index (χ1n) is 8.19. The van der Waals surface area contributed by atoms with E-state index >= 15 is 0 Å². The number of anilines is 1. The van der Waals surface area contributed by atoms with Crippen molar-refractivity contribution in [3.05, 3.63) is 71.1 Å². The predicted molar refractivity (Wildman–Crippen MR) is 99.1 cm³/mol. The molecule has 0 amide bonds. The smallest absolute Gasteiger partial charge is 0.234 e. The lowest BCUT2D eigenvalue weighted by molar-refractivity contribution is 0.591. The van der Waals surface area contributed by atoms with Gasteiger partial charge < -0.3 is 4.90 Å². The maximum atomic E-state index is 12.0. The molecule has 4 nitrogen and oxygen atoms in total. The van der Waals surface area contributed by atoms with Crippen LogP contribution in [0.5, 0.6) is 0 Å². The molecule has 1 N–H and O–H groups in total. The Bertz CT molecular complexity index is 778. The number of hydrogen-bond acceptors (Lipinski definition) is 3. The molecule has 0 spiro atoms. The van der Waals surface area contributed by atoms with Gasteiger partial charge in [0, 0.05) is 30.7 Å². The van der Waals surface area contributed by atoms with Gasteiger partial charge in [0.05, 0.1) is 0 Å². The van der Waals surface area contributed by atoms with Crippen molar-refractivity contribution >= 4 is 21.8 Å². The second kappa shape index (κ2) is 7.64. The van der Waals surface area contributed by atoms with Gasteiger partial charge in [-0.15, -0.1) is 0 Å². The standard InChI is InChI=1S/C19H22N2O2S/c22-24(23,15-12-17-6-2-1-3-7-17)20-16-18-8-10-19(11-9-18)21-13-4-5-14-21/h1-3,6-12,15,20H,4-5,13-14,16H2/b15-12-. The monoisotopic (exact) mass is 342 g/mol. The summed E-state index contributed by atoms with van der Waals surface area (Å²) in [5.41, 5.74) is 3.02. The van der Waals surface area contributed by atoms with Gasteiger partial charge in [-0.25, -0.2) is 13.1 Å². The van der Waals surface area contributed by atoms with Crippen LogP contribution in [0.4, 0.5) is 5.69 Å². The molecule has 0 atom stereocenters. The fourth-order valence-corrected chi connectivity index (χ4v) is 3.56. The minimum atomic E-state index is -3.44. The summed E-state index contributed by atoms with van der Waals surface area (Å²) in [5.74, 6) is 0. The van der Waals surface area contributed by atoms with Crippen LogP contribution in [0.15, 0.2) is 60.0 Å². The van der Waals surface area contributed by atoms with Crippen LogP contribution < -0.4 is 9.62 Å². The van der Waals surface area contributed by atoms with E-state index in [4.69, 9.17) is 0 Å². The molecule has 1 heterocycles. The van der Waals surface area contributed by atoms with E-state index in [0.29, 0.717) is 6.54 Å². The summed E-state index contributed by atoms with van der Waals surface area (Å²) in [5, 5.41) is 1.21. The zero-order valence-electron chi connectivity index (χ0n) is 13.6. The number of benzene rings is 2. The van der Waals surface area contributed by atoms with Crippen LogP contribution in [0.2, 0.25) is 0 Å². The highest BCUT2D eigenvalue weighted by Crippen LogP contribution is 2.20. The van der Waals surface area contributed by atoms with Crippen molar-refractivity contribution in [2.45, 2.75) is 19.4 Å². The minimum Gasteiger partial charge on any atom is -0.372 e. The van der Waals surface area contributed by atoms with Crippen LogP contribution >= 0.6 is 0 Å². The lowest BCUT2D eigenvalue weighted by Gasteiger charge is -2.17. The molecule has 1 aliphatic heterocycles. The molecule has 5 heteroatoms. The molecule has 2 aromatic rings. The molecular formula is C19H22N2O2S. The SMILES string of the molecule is O=S(=O)(/C=C\c1ccccc1)NCc1ccc(N2CCCC2)cc1.